The van der Waals surface area contributed by atoms with Crippen LogP contribution in [0.3, 0.4) is 0 Å². The fraction of sp³-hybridized carbons (Fsp3) is 0.500. The number of nitrogens with zero attached hydrogens (tertiary/aromatic N) is 2. The van der Waals surface area contributed by atoms with Crippen molar-refractivity contribution in [2.45, 2.75) is 38.3 Å². The first-order valence-electron chi connectivity index (χ1n) is 9.35. The molecule has 0 fully saturated rings. The van der Waals surface area contributed by atoms with Gasteiger partial charge in [-0.2, -0.15) is 0 Å². The van der Waals surface area contributed by atoms with Crippen molar-refractivity contribution < 1.29 is 9.84 Å². The molecular formula is C20H27N3O3S. The van der Waals surface area contributed by atoms with Gasteiger partial charge in [0.05, 0.1) is 31.2 Å². The van der Waals surface area contributed by atoms with E-state index in [1.807, 2.05) is 4.90 Å². The van der Waals surface area contributed by atoms with E-state index in [-0.39, 0.29) is 12.2 Å². The van der Waals surface area contributed by atoms with Crippen molar-refractivity contribution in [1.29, 1.82) is 0 Å². The number of aromatic nitrogens is 2. The van der Waals surface area contributed by atoms with E-state index in [0.717, 1.165) is 29.5 Å². The van der Waals surface area contributed by atoms with E-state index in [9.17, 15) is 9.90 Å². The van der Waals surface area contributed by atoms with Crippen LogP contribution in [0.25, 0.3) is 10.2 Å². The number of aryl methyl sites for hydroxylation is 2. The first-order valence-corrected chi connectivity index (χ1v) is 10.2. The van der Waals surface area contributed by atoms with E-state index in [2.05, 4.69) is 18.1 Å². The number of aliphatic hydroxyl groups is 1. The van der Waals surface area contributed by atoms with Crippen LogP contribution in [-0.4, -0.2) is 52.4 Å². The molecule has 2 aromatic heterocycles. The van der Waals surface area contributed by atoms with E-state index in [1.54, 1.807) is 23.5 Å². The van der Waals surface area contributed by atoms with E-state index < -0.39 is 6.10 Å². The highest BCUT2D eigenvalue weighted by molar-refractivity contribution is 7.18. The van der Waals surface area contributed by atoms with Crippen LogP contribution < -0.4 is 5.56 Å². The molecule has 2 aromatic rings. The molecule has 3 rings (SSSR count). The topological polar surface area (TPSA) is 78.5 Å². The summed E-state index contributed by atoms with van der Waals surface area (Å²) in [6.45, 7) is 9.45. The number of thiophene rings is 1. The molecule has 27 heavy (non-hydrogen) atoms. The van der Waals surface area contributed by atoms with Gasteiger partial charge in [0.25, 0.3) is 5.56 Å². The monoisotopic (exact) mass is 389 g/mol. The van der Waals surface area contributed by atoms with Gasteiger partial charge in [0, 0.05) is 18.0 Å². The highest BCUT2D eigenvalue weighted by atomic mass is 32.1. The van der Waals surface area contributed by atoms with Gasteiger partial charge in [-0.15, -0.1) is 24.5 Å². The smallest absolute Gasteiger partial charge is 0.259 e. The normalized spacial score (nSPS) is 15.0. The number of H-pyrrole nitrogens is 1. The van der Waals surface area contributed by atoms with Crippen LogP contribution in [0.1, 0.15) is 29.1 Å². The van der Waals surface area contributed by atoms with Crippen molar-refractivity contribution in [3.05, 3.63) is 51.9 Å². The lowest BCUT2D eigenvalue weighted by Gasteiger charge is -2.23. The molecule has 0 radical (unpaired) electrons. The van der Waals surface area contributed by atoms with E-state index in [0.29, 0.717) is 32.1 Å². The fourth-order valence-electron chi connectivity index (χ4n) is 3.52. The van der Waals surface area contributed by atoms with Crippen LogP contribution in [0.2, 0.25) is 0 Å². The maximum absolute atomic E-state index is 12.7. The Balaban J connectivity index is 1.75. The Labute approximate surface area is 163 Å². The quantitative estimate of drug-likeness (QED) is 0.482. The standard InChI is InChI=1S/C20H27N3O3S/c1-3-9-23(11-14(24)13-26-10-4-2)12-17-21-19(25)18-15-7-5-6-8-16(15)27-20(18)22-17/h3-4,14,24H,1-2,5-13H2,(H,21,22,25)/t14-/m1/s1. The summed E-state index contributed by atoms with van der Waals surface area (Å²) in [4.78, 5) is 24.4. The first kappa shape index (κ1) is 19.9. The first-order chi connectivity index (χ1) is 13.1. The second kappa shape index (κ2) is 9.41. The molecule has 0 saturated heterocycles. The molecule has 2 heterocycles. The lowest BCUT2D eigenvalue weighted by atomic mass is 9.97. The highest BCUT2D eigenvalue weighted by Gasteiger charge is 2.20. The lowest BCUT2D eigenvalue weighted by Crippen LogP contribution is -2.35. The number of aliphatic hydroxyl groups excluding tert-OH is 1. The van der Waals surface area contributed by atoms with Gasteiger partial charge in [-0.1, -0.05) is 12.2 Å². The molecule has 0 bridgehead atoms. The second-order valence-corrected chi connectivity index (χ2v) is 7.95. The van der Waals surface area contributed by atoms with Crippen LogP contribution in [0.15, 0.2) is 30.1 Å². The maximum Gasteiger partial charge on any atom is 0.259 e. The van der Waals surface area contributed by atoms with Gasteiger partial charge in [-0.3, -0.25) is 9.69 Å². The van der Waals surface area contributed by atoms with Gasteiger partial charge in [-0.25, -0.2) is 4.98 Å². The van der Waals surface area contributed by atoms with Gasteiger partial charge in [0.2, 0.25) is 0 Å². The molecule has 1 aliphatic carbocycles. The van der Waals surface area contributed by atoms with Gasteiger partial charge < -0.3 is 14.8 Å². The summed E-state index contributed by atoms with van der Waals surface area (Å²) in [5.74, 6) is 0.618. The summed E-state index contributed by atoms with van der Waals surface area (Å²) in [7, 11) is 0. The zero-order chi connectivity index (χ0) is 19.2. The van der Waals surface area contributed by atoms with Crippen LogP contribution in [0.4, 0.5) is 0 Å². The van der Waals surface area contributed by atoms with Crippen molar-refractivity contribution in [1.82, 2.24) is 14.9 Å². The average molecular weight is 390 g/mol. The minimum absolute atomic E-state index is 0.0529. The van der Waals surface area contributed by atoms with Crippen molar-refractivity contribution >= 4 is 21.6 Å². The largest absolute Gasteiger partial charge is 0.389 e. The summed E-state index contributed by atoms with van der Waals surface area (Å²) >= 11 is 1.65. The van der Waals surface area contributed by atoms with Crippen LogP contribution >= 0.6 is 11.3 Å². The lowest BCUT2D eigenvalue weighted by molar-refractivity contribution is 0.0265. The van der Waals surface area contributed by atoms with Crippen molar-refractivity contribution in [3.63, 3.8) is 0 Å². The van der Waals surface area contributed by atoms with Crippen LogP contribution in [0.5, 0.6) is 0 Å². The molecule has 0 saturated carbocycles. The molecule has 0 amide bonds. The number of hydrogen-bond acceptors (Lipinski definition) is 6. The van der Waals surface area contributed by atoms with Crippen LogP contribution in [-0.2, 0) is 24.1 Å². The number of rotatable bonds is 10. The van der Waals surface area contributed by atoms with Gasteiger partial charge >= 0.3 is 0 Å². The number of ether oxygens (including phenoxy) is 1. The molecule has 7 heteroatoms. The van der Waals surface area contributed by atoms with Gasteiger partial charge in [-0.05, 0) is 31.2 Å². The molecule has 1 aliphatic rings. The molecule has 0 aliphatic heterocycles. The number of aromatic amines is 1. The Morgan fingerprint density at radius 2 is 2.15 bits per heavy atom. The third kappa shape index (κ3) is 4.93. The summed E-state index contributed by atoms with van der Waals surface area (Å²) in [5, 5.41) is 10.9. The van der Waals surface area contributed by atoms with Crippen molar-refractivity contribution in [3.8, 4) is 0 Å². The third-order valence-corrected chi connectivity index (χ3v) is 5.84. The average Bonchev–Trinajstić information content (AvgIpc) is 3.00. The predicted molar refractivity (Wildman–Crippen MR) is 109 cm³/mol. The SMILES string of the molecule is C=CCOC[C@H](O)CN(CC=C)Cc1nc2sc3c(c2c(=O)[nH]1)CCCC3. The molecule has 0 unspecified atom stereocenters. The Hall–Kier alpha value is -1.80. The van der Waals surface area contributed by atoms with E-state index in [1.165, 1.54) is 16.9 Å². The maximum atomic E-state index is 12.7. The molecule has 0 aromatic carbocycles. The van der Waals surface area contributed by atoms with Gasteiger partial charge in [0.1, 0.15) is 10.7 Å². The van der Waals surface area contributed by atoms with E-state index >= 15 is 0 Å². The molecule has 146 valence electrons. The summed E-state index contributed by atoms with van der Waals surface area (Å²) in [5.41, 5.74) is 1.14. The molecule has 1 atom stereocenters. The minimum Gasteiger partial charge on any atom is -0.389 e. The summed E-state index contributed by atoms with van der Waals surface area (Å²) < 4.78 is 5.30. The molecule has 6 nitrogen and oxygen atoms in total. The molecule has 0 spiro atoms. The second-order valence-electron chi connectivity index (χ2n) is 6.87. The summed E-state index contributed by atoms with van der Waals surface area (Å²) in [6.07, 6.45) is 7.14. The Bertz CT molecular complexity index is 858. The Morgan fingerprint density at radius 1 is 1.33 bits per heavy atom. The molecular weight excluding hydrogens is 362 g/mol. The van der Waals surface area contributed by atoms with Crippen LogP contribution in [0, 0.1) is 0 Å². The number of fused-ring (bicyclic) bond motifs is 3. The Morgan fingerprint density at radius 3 is 2.93 bits per heavy atom. The zero-order valence-electron chi connectivity index (χ0n) is 15.6. The minimum atomic E-state index is -0.630. The fourth-order valence-corrected chi connectivity index (χ4v) is 4.80. The Kier molecular flexibility index (Phi) is 6.95. The molecule has 2 N–H and O–H groups in total. The predicted octanol–water partition coefficient (Wildman–Crippen LogP) is 2.41. The third-order valence-electron chi connectivity index (χ3n) is 4.65. The highest BCUT2D eigenvalue weighted by Crippen LogP contribution is 2.33. The number of hydrogen-bond donors (Lipinski definition) is 2. The zero-order valence-corrected chi connectivity index (χ0v) is 16.4. The van der Waals surface area contributed by atoms with E-state index in [4.69, 9.17) is 9.72 Å². The summed E-state index contributed by atoms with van der Waals surface area (Å²) in [6, 6.07) is 0. The van der Waals surface area contributed by atoms with Crippen molar-refractivity contribution in [2.75, 3.05) is 26.3 Å². The van der Waals surface area contributed by atoms with Gasteiger partial charge in [0.15, 0.2) is 0 Å². The number of nitrogens with one attached hydrogen (secondary N) is 1. The van der Waals surface area contributed by atoms with Crippen molar-refractivity contribution in [2.24, 2.45) is 0 Å².